The average molecular weight is 234 g/mol. The molecule has 1 N–H and O–H groups in total. The van der Waals surface area contributed by atoms with Gasteiger partial charge >= 0.3 is 5.97 Å². The first-order valence-electron chi connectivity index (χ1n) is 4.99. The highest BCUT2D eigenvalue weighted by Crippen LogP contribution is 2.28. The molecule has 0 fully saturated rings. The summed E-state index contributed by atoms with van der Waals surface area (Å²) in [7, 11) is 3.43. The Labute approximate surface area is 97.3 Å². The summed E-state index contributed by atoms with van der Waals surface area (Å²) in [5.41, 5.74) is 1.09. The van der Waals surface area contributed by atoms with E-state index in [4.69, 9.17) is 5.11 Å². The van der Waals surface area contributed by atoms with Crippen molar-refractivity contribution in [3.05, 3.63) is 35.8 Å². The number of pyridine rings is 1. The fourth-order valence-corrected chi connectivity index (χ4v) is 1.79. The number of carboxylic acids is 1. The van der Waals surface area contributed by atoms with Gasteiger partial charge < -0.3 is 10.0 Å². The van der Waals surface area contributed by atoms with Crippen LogP contribution in [0.4, 0.5) is 10.1 Å². The van der Waals surface area contributed by atoms with Crippen LogP contribution in [0.25, 0.3) is 10.9 Å². The van der Waals surface area contributed by atoms with Crippen molar-refractivity contribution in [1.29, 1.82) is 0 Å². The molecule has 5 heteroatoms. The lowest BCUT2D eigenvalue weighted by atomic mass is 10.1. The maximum absolute atomic E-state index is 13.2. The molecule has 2 rings (SSSR count). The minimum Gasteiger partial charge on any atom is -0.478 e. The largest absolute Gasteiger partial charge is 0.478 e. The van der Waals surface area contributed by atoms with Gasteiger partial charge in [-0.2, -0.15) is 0 Å². The van der Waals surface area contributed by atoms with Crippen LogP contribution in [0.15, 0.2) is 24.4 Å². The molecule has 0 aliphatic rings. The summed E-state index contributed by atoms with van der Waals surface area (Å²) in [5, 5.41) is 9.58. The van der Waals surface area contributed by atoms with Gasteiger partial charge in [-0.1, -0.05) is 0 Å². The minimum absolute atomic E-state index is 0.0631. The number of halogens is 1. The summed E-state index contributed by atoms with van der Waals surface area (Å²) in [5.74, 6) is -1.49. The van der Waals surface area contributed by atoms with E-state index in [1.54, 1.807) is 19.0 Å². The van der Waals surface area contributed by atoms with Gasteiger partial charge in [0.2, 0.25) is 0 Å². The molecule has 0 unspecified atom stereocenters. The molecule has 1 heterocycles. The number of rotatable bonds is 2. The lowest BCUT2D eigenvalue weighted by Crippen LogP contribution is -2.15. The molecule has 0 amide bonds. The first kappa shape index (κ1) is 11.3. The van der Waals surface area contributed by atoms with Crippen molar-refractivity contribution in [3.63, 3.8) is 0 Å². The highest BCUT2D eigenvalue weighted by atomic mass is 19.1. The van der Waals surface area contributed by atoms with Crippen LogP contribution in [0.3, 0.4) is 0 Å². The molecule has 0 spiro atoms. The Balaban J connectivity index is 2.87. The Hall–Kier alpha value is -2.17. The summed E-state index contributed by atoms with van der Waals surface area (Å²) in [6, 6.07) is 4.13. The SMILES string of the molecule is CN(C)c1c(C(=O)O)cnc2ccc(F)cc12. The third-order valence-corrected chi connectivity index (χ3v) is 2.48. The van der Waals surface area contributed by atoms with Crippen molar-refractivity contribution in [2.45, 2.75) is 0 Å². The predicted octanol–water partition coefficient (Wildman–Crippen LogP) is 2.14. The Morgan fingerprint density at radius 3 is 2.71 bits per heavy atom. The second-order valence-corrected chi connectivity index (χ2v) is 3.88. The lowest BCUT2D eigenvalue weighted by molar-refractivity contribution is 0.0697. The normalized spacial score (nSPS) is 10.5. The number of benzene rings is 1. The van der Waals surface area contributed by atoms with Crippen LogP contribution in [-0.2, 0) is 0 Å². The highest BCUT2D eigenvalue weighted by molar-refractivity contribution is 6.04. The average Bonchev–Trinajstić information content (AvgIpc) is 2.26. The van der Waals surface area contributed by atoms with Gasteiger partial charge in [0.05, 0.1) is 11.2 Å². The van der Waals surface area contributed by atoms with E-state index in [9.17, 15) is 9.18 Å². The zero-order valence-electron chi connectivity index (χ0n) is 9.44. The molecule has 2 aromatic rings. The molecule has 0 aliphatic carbocycles. The fourth-order valence-electron chi connectivity index (χ4n) is 1.79. The van der Waals surface area contributed by atoms with Gasteiger partial charge in [-0.05, 0) is 18.2 Å². The number of fused-ring (bicyclic) bond motifs is 1. The molecule has 88 valence electrons. The zero-order valence-corrected chi connectivity index (χ0v) is 9.44. The second kappa shape index (κ2) is 4.01. The van der Waals surface area contributed by atoms with Crippen molar-refractivity contribution in [2.24, 2.45) is 0 Å². The van der Waals surface area contributed by atoms with E-state index >= 15 is 0 Å². The number of carbonyl (C=O) groups is 1. The van der Waals surface area contributed by atoms with Crippen LogP contribution >= 0.6 is 0 Å². The van der Waals surface area contributed by atoms with Crippen LogP contribution in [-0.4, -0.2) is 30.2 Å². The van der Waals surface area contributed by atoms with Gasteiger partial charge in [0, 0.05) is 25.7 Å². The van der Waals surface area contributed by atoms with E-state index in [2.05, 4.69) is 4.98 Å². The van der Waals surface area contributed by atoms with Crippen molar-refractivity contribution in [3.8, 4) is 0 Å². The number of hydrogen-bond acceptors (Lipinski definition) is 3. The van der Waals surface area contributed by atoms with E-state index in [-0.39, 0.29) is 5.56 Å². The Morgan fingerprint density at radius 2 is 2.12 bits per heavy atom. The van der Waals surface area contributed by atoms with Crippen molar-refractivity contribution in [2.75, 3.05) is 19.0 Å². The number of carboxylic acid groups (broad SMARTS) is 1. The summed E-state index contributed by atoms with van der Waals surface area (Å²) >= 11 is 0. The molecule has 0 saturated heterocycles. The maximum Gasteiger partial charge on any atom is 0.339 e. The first-order valence-corrected chi connectivity index (χ1v) is 4.99. The van der Waals surface area contributed by atoms with E-state index in [0.29, 0.717) is 16.6 Å². The summed E-state index contributed by atoms with van der Waals surface area (Å²) in [6.07, 6.45) is 1.29. The van der Waals surface area contributed by atoms with E-state index in [0.717, 1.165) is 0 Å². The number of aromatic nitrogens is 1. The molecular formula is C12H11FN2O2. The Kier molecular flexibility index (Phi) is 2.67. The molecule has 0 atom stereocenters. The second-order valence-electron chi connectivity index (χ2n) is 3.88. The molecule has 4 nitrogen and oxygen atoms in total. The van der Waals surface area contributed by atoms with Gasteiger partial charge in [0.25, 0.3) is 0 Å². The van der Waals surface area contributed by atoms with Crippen LogP contribution in [0.5, 0.6) is 0 Å². The maximum atomic E-state index is 13.2. The van der Waals surface area contributed by atoms with Crippen LogP contribution < -0.4 is 4.90 Å². The highest BCUT2D eigenvalue weighted by Gasteiger charge is 2.16. The van der Waals surface area contributed by atoms with E-state index in [1.165, 1.54) is 24.4 Å². The van der Waals surface area contributed by atoms with Crippen LogP contribution in [0.2, 0.25) is 0 Å². The van der Waals surface area contributed by atoms with Gasteiger partial charge in [0.15, 0.2) is 0 Å². The molecule has 0 bridgehead atoms. The van der Waals surface area contributed by atoms with Crippen molar-refractivity contribution in [1.82, 2.24) is 4.98 Å². The van der Waals surface area contributed by atoms with Gasteiger partial charge in [-0.25, -0.2) is 9.18 Å². The third-order valence-electron chi connectivity index (χ3n) is 2.48. The molecule has 0 aliphatic heterocycles. The van der Waals surface area contributed by atoms with Gasteiger partial charge in [-0.15, -0.1) is 0 Å². The smallest absolute Gasteiger partial charge is 0.339 e. The topological polar surface area (TPSA) is 53.4 Å². The number of aromatic carboxylic acids is 1. The summed E-state index contributed by atoms with van der Waals surface area (Å²) in [4.78, 5) is 16.8. The quantitative estimate of drug-likeness (QED) is 0.864. The van der Waals surface area contributed by atoms with Crippen molar-refractivity contribution >= 4 is 22.6 Å². The first-order chi connectivity index (χ1) is 8.00. The van der Waals surface area contributed by atoms with Crippen LogP contribution in [0.1, 0.15) is 10.4 Å². The molecule has 1 aromatic carbocycles. The molecule has 0 saturated carbocycles. The van der Waals surface area contributed by atoms with Crippen molar-refractivity contribution < 1.29 is 14.3 Å². The van der Waals surface area contributed by atoms with Gasteiger partial charge in [0.1, 0.15) is 11.4 Å². The lowest BCUT2D eigenvalue weighted by Gasteiger charge is -2.17. The third kappa shape index (κ3) is 1.91. The number of nitrogens with zero attached hydrogens (tertiary/aromatic N) is 2. The molecule has 1 aromatic heterocycles. The molecule has 0 radical (unpaired) electrons. The minimum atomic E-state index is -1.08. The van der Waals surface area contributed by atoms with E-state index in [1.807, 2.05) is 0 Å². The van der Waals surface area contributed by atoms with Gasteiger partial charge in [-0.3, -0.25) is 4.98 Å². The summed E-state index contributed by atoms with van der Waals surface area (Å²) < 4.78 is 13.2. The molecule has 17 heavy (non-hydrogen) atoms. The van der Waals surface area contributed by atoms with E-state index < -0.39 is 11.8 Å². The number of hydrogen-bond donors (Lipinski definition) is 1. The zero-order chi connectivity index (χ0) is 12.6. The Bertz CT molecular complexity index is 596. The predicted molar refractivity (Wildman–Crippen MR) is 63.0 cm³/mol. The summed E-state index contributed by atoms with van der Waals surface area (Å²) in [6.45, 7) is 0. The standard InChI is InChI=1S/C12H11FN2O2/c1-15(2)11-8-5-7(13)3-4-10(8)14-6-9(11)12(16)17/h3-6H,1-2H3,(H,16,17). The monoisotopic (exact) mass is 234 g/mol. The molecular weight excluding hydrogens is 223 g/mol. The Morgan fingerprint density at radius 1 is 1.41 bits per heavy atom. The van der Waals surface area contributed by atoms with Crippen LogP contribution in [0, 0.1) is 5.82 Å². The number of anilines is 1. The fraction of sp³-hybridized carbons (Fsp3) is 0.167.